The zero-order valence-electron chi connectivity index (χ0n) is 20.8. The molecule has 1 aliphatic heterocycles. The van der Waals surface area contributed by atoms with Crippen LogP contribution in [0.5, 0.6) is 0 Å². The summed E-state index contributed by atoms with van der Waals surface area (Å²) in [5.41, 5.74) is 1.57. The molecule has 0 spiro atoms. The van der Waals surface area contributed by atoms with Gasteiger partial charge in [-0.3, -0.25) is 9.58 Å². The van der Waals surface area contributed by atoms with Crippen molar-refractivity contribution in [2.45, 2.75) is 57.7 Å². The third-order valence-corrected chi connectivity index (χ3v) is 8.65. The Bertz CT molecular complexity index is 1280. The van der Waals surface area contributed by atoms with E-state index in [2.05, 4.69) is 30.6 Å². The first-order valence-electron chi connectivity index (χ1n) is 12.5. The first kappa shape index (κ1) is 25.3. The Hall–Kier alpha value is -2.35. The molecule has 5 rings (SSSR count). The standard InChI is InChI=1S/C23H34N8O3S2/c1-16-25-20-21(26-17-4-6-19(7-5-17)30-9-11-34-12-10-30)28-23(29-22(20)35-16)27-18-14-24-31(15-18)8-3-13-36(2,32)33/h14-15,17,19H,3-13H2,1-2H3,(H2,26,27,28,29). The maximum Gasteiger partial charge on any atom is 0.230 e. The van der Waals surface area contributed by atoms with Gasteiger partial charge in [0.1, 0.15) is 15.4 Å². The highest BCUT2D eigenvalue weighted by molar-refractivity contribution is 7.90. The van der Waals surface area contributed by atoms with Gasteiger partial charge in [-0.1, -0.05) is 11.3 Å². The minimum atomic E-state index is -2.98. The topological polar surface area (TPSA) is 127 Å². The van der Waals surface area contributed by atoms with E-state index in [0.29, 0.717) is 31.0 Å². The van der Waals surface area contributed by atoms with Gasteiger partial charge in [0.25, 0.3) is 0 Å². The summed E-state index contributed by atoms with van der Waals surface area (Å²) in [6.07, 6.45) is 9.85. The van der Waals surface area contributed by atoms with Crippen LogP contribution in [0.4, 0.5) is 17.5 Å². The number of fused-ring (bicyclic) bond motifs is 1. The van der Waals surface area contributed by atoms with Gasteiger partial charge in [-0.15, -0.1) is 0 Å². The summed E-state index contributed by atoms with van der Waals surface area (Å²) in [4.78, 5) is 17.6. The monoisotopic (exact) mass is 534 g/mol. The number of morpholine rings is 1. The van der Waals surface area contributed by atoms with Crippen molar-refractivity contribution >= 4 is 49.0 Å². The predicted octanol–water partition coefficient (Wildman–Crippen LogP) is 2.82. The van der Waals surface area contributed by atoms with Crippen LogP contribution in [0.15, 0.2) is 12.4 Å². The third-order valence-electron chi connectivity index (χ3n) is 6.76. The van der Waals surface area contributed by atoms with Crippen molar-refractivity contribution in [2.24, 2.45) is 0 Å². The molecule has 11 nitrogen and oxygen atoms in total. The van der Waals surface area contributed by atoms with E-state index in [4.69, 9.17) is 9.72 Å². The second-order valence-electron chi connectivity index (χ2n) is 9.68. The summed E-state index contributed by atoms with van der Waals surface area (Å²) in [5, 5.41) is 12.2. The smallest absolute Gasteiger partial charge is 0.230 e. The summed E-state index contributed by atoms with van der Waals surface area (Å²) in [6, 6.07) is 0.998. The molecule has 4 heterocycles. The van der Waals surface area contributed by atoms with Gasteiger partial charge in [0, 0.05) is 44.2 Å². The maximum absolute atomic E-state index is 11.4. The Morgan fingerprint density at radius 3 is 2.67 bits per heavy atom. The molecule has 0 radical (unpaired) electrons. The summed E-state index contributed by atoms with van der Waals surface area (Å²) in [7, 11) is -2.98. The molecular formula is C23H34N8O3S2. The number of ether oxygens (including phenoxy) is 1. The molecule has 2 N–H and O–H groups in total. The first-order valence-corrected chi connectivity index (χ1v) is 15.4. The van der Waals surface area contributed by atoms with Gasteiger partial charge in [-0.05, 0) is 39.0 Å². The molecule has 2 aliphatic rings. The van der Waals surface area contributed by atoms with Gasteiger partial charge in [0.2, 0.25) is 5.95 Å². The van der Waals surface area contributed by atoms with Gasteiger partial charge >= 0.3 is 0 Å². The summed E-state index contributed by atoms with van der Waals surface area (Å²) in [5.74, 6) is 1.40. The van der Waals surface area contributed by atoms with E-state index >= 15 is 0 Å². The molecule has 0 unspecified atom stereocenters. The van der Waals surface area contributed by atoms with E-state index in [9.17, 15) is 8.42 Å². The second-order valence-corrected chi connectivity index (χ2v) is 13.1. The van der Waals surface area contributed by atoms with Crippen LogP contribution in [-0.4, -0.2) is 88.4 Å². The fourth-order valence-corrected chi connectivity index (χ4v) is 6.41. The number of rotatable bonds is 9. The van der Waals surface area contributed by atoms with Gasteiger partial charge in [0.15, 0.2) is 10.6 Å². The van der Waals surface area contributed by atoms with Gasteiger partial charge in [-0.25, -0.2) is 13.4 Å². The number of nitrogens with one attached hydrogen (secondary N) is 2. The number of aryl methyl sites for hydroxylation is 2. The van der Waals surface area contributed by atoms with E-state index in [1.807, 2.05) is 13.1 Å². The summed E-state index contributed by atoms with van der Waals surface area (Å²) >= 11 is 1.55. The second kappa shape index (κ2) is 11.0. The highest BCUT2D eigenvalue weighted by atomic mass is 32.2. The Morgan fingerprint density at radius 1 is 1.14 bits per heavy atom. The van der Waals surface area contributed by atoms with E-state index in [0.717, 1.165) is 66.0 Å². The number of nitrogens with zero attached hydrogens (tertiary/aromatic N) is 6. The number of aromatic nitrogens is 5. The van der Waals surface area contributed by atoms with Gasteiger partial charge < -0.3 is 15.4 Å². The predicted molar refractivity (Wildman–Crippen MR) is 142 cm³/mol. The van der Waals surface area contributed by atoms with E-state index in [1.54, 1.807) is 22.2 Å². The molecule has 3 aromatic rings. The largest absolute Gasteiger partial charge is 0.379 e. The van der Waals surface area contributed by atoms with E-state index in [-0.39, 0.29) is 5.75 Å². The van der Waals surface area contributed by atoms with Crippen LogP contribution in [0.2, 0.25) is 0 Å². The number of hydrogen-bond donors (Lipinski definition) is 2. The number of anilines is 3. The lowest BCUT2D eigenvalue weighted by atomic mass is 9.90. The molecule has 1 saturated heterocycles. The Morgan fingerprint density at radius 2 is 1.92 bits per heavy atom. The third kappa shape index (κ3) is 6.50. The molecule has 1 aliphatic carbocycles. The van der Waals surface area contributed by atoms with Crippen LogP contribution in [0.1, 0.15) is 37.1 Å². The van der Waals surface area contributed by atoms with Crippen molar-refractivity contribution < 1.29 is 13.2 Å². The molecule has 3 aromatic heterocycles. The fraction of sp³-hybridized carbons (Fsp3) is 0.652. The van der Waals surface area contributed by atoms with Crippen LogP contribution >= 0.6 is 11.3 Å². The summed E-state index contributed by atoms with van der Waals surface area (Å²) in [6.45, 7) is 6.28. The van der Waals surface area contributed by atoms with Crippen molar-refractivity contribution in [2.75, 3.05) is 48.9 Å². The highest BCUT2D eigenvalue weighted by Crippen LogP contribution is 2.31. The van der Waals surface area contributed by atoms with Crippen molar-refractivity contribution in [3.05, 3.63) is 17.4 Å². The zero-order valence-corrected chi connectivity index (χ0v) is 22.4. The average Bonchev–Trinajstić information content (AvgIpc) is 3.45. The Kier molecular flexibility index (Phi) is 7.70. The molecule has 0 amide bonds. The molecule has 1 saturated carbocycles. The molecule has 36 heavy (non-hydrogen) atoms. The number of thiazole rings is 1. The van der Waals surface area contributed by atoms with Crippen molar-refractivity contribution in [3.63, 3.8) is 0 Å². The molecule has 0 aromatic carbocycles. The van der Waals surface area contributed by atoms with Crippen LogP contribution in [0, 0.1) is 6.92 Å². The maximum atomic E-state index is 11.4. The van der Waals surface area contributed by atoms with Crippen molar-refractivity contribution in [3.8, 4) is 0 Å². The lowest BCUT2D eigenvalue weighted by molar-refractivity contribution is 0.00791. The molecule has 0 bridgehead atoms. The van der Waals surface area contributed by atoms with Crippen LogP contribution in [-0.2, 0) is 21.1 Å². The number of sulfone groups is 1. The van der Waals surface area contributed by atoms with E-state index in [1.165, 1.54) is 19.1 Å². The van der Waals surface area contributed by atoms with Crippen LogP contribution in [0.25, 0.3) is 10.3 Å². The van der Waals surface area contributed by atoms with E-state index < -0.39 is 9.84 Å². The lowest BCUT2D eigenvalue weighted by Crippen LogP contribution is -2.46. The Labute approximate surface area is 215 Å². The molecular weight excluding hydrogens is 500 g/mol. The normalized spacial score (nSPS) is 21.6. The molecule has 2 fully saturated rings. The first-order chi connectivity index (χ1) is 17.3. The molecule has 196 valence electrons. The fourth-order valence-electron chi connectivity index (χ4n) is 4.97. The average molecular weight is 535 g/mol. The van der Waals surface area contributed by atoms with Gasteiger partial charge in [0.05, 0.1) is 35.9 Å². The minimum absolute atomic E-state index is 0.142. The van der Waals surface area contributed by atoms with Crippen LogP contribution in [0.3, 0.4) is 0 Å². The highest BCUT2D eigenvalue weighted by Gasteiger charge is 2.27. The minimum Gasteiger partial charge on any atom is -0.379 e. The molecule has 13 heteroatoms. The van der Waals surface area contributed by atoms with Gasteiger partial charge in [-0.2, -0.15) is 15.1 Å². The summed E-state index contributed by atoms with van der Waals surface area (Å²) < 4.78 is 30.0. The van der Waals surface area contributed by atoms with Crippen LogP contribution < -0.4 is 10.6 Å². The molecule has 0 atom stereocenters. The lowest BCUT2D eigenvalue weighted by Gasteiger charge is -2.39. The van der Waals surface area contributed by atoms with Crippen molar-refractivity contribution in [1.82, 2.24) is 29.6 Å². The Balaban J connectivity index is 1.24. The SMILES string of the molecule is Cc1nc2c(NC3CCC(N4CCOCC4)CC3)nc(Nc3cnn(CCCS(C)(=O)=O)c3)nc2s1. The zero-order chi connectivity index (χ0) is 25.1. The number of hydrogen-bond acceptors (Lipinski definition) is 11. The quantitative estimate of drug-likeness (QED) is 0.423. The van der Waals surface area contributed by atoms with Crippen molar-refractivity contribution in [1.29, 1.82) is 0 Å².